The zero-order valence-electron chi connectivity index (χ0n) is 19.4. The number of fused-ring (bicyclic) bond motifs is 1. The van der Waals surface area contributed by atoms with Crippen molar-refractivity contribution in [3.8, 4) is 0 Å². The van der Waals surface area contributed by atoms with Crippen molar-refractivity contribution in [3.05, 3.63) is 76.3 Å². The highest BCUT2D eigenvalue weighted by Crippen LogP contribution is 2.29. The molecule has 9 nitrogen and oxygen atoms in total. The first-order valence-corrected chi connectivity index (χ1v) is 13.3. The number of sulfonamides is 1. The van der Waals surface area contributed by atoms with Gasteiger partial charge in [0.25, 0.3) is 5.91 Å². The minimum atomic E-state index is -3.72. The average Bonchev–Trinajstić information content (AvgIpc) is 3.28. The molecule has 0 fully saturated rings. The van der Waals surface area contributed by atoms with Gasteiger partial charge in [0, 0.05) is 36.5 Å². The van der Waals surface area contributed by atoms with Gasteiger partial charge in [0.1, 0.15) is 0 Å². The van der Waals surface area contributed by atoms with Gasteiger partial charge in [-0.3, -0.25) is 10.1 Å². The van der Waals surface area contributed by atoms with Crippen molar-refractivity contribution in [1.29, 1.82) is 0 Å². The number of thiazole rings is 1. The molecule has 4 rings (SSSR count). The van der Waals surface area contributed by atoms with Crippen molar-refractivity contribution in [3.63, 3.8) is 0 Å². The monoisotopic (exact) mass is 514 g/mol. The first-order chi connectivity index (χ1) is 16.8. The number of hydrogen-bond acceptors (Lipinski definition) is 7. The Morgan fingerprint density at radius 1 is 1.14 bits per heavy atom. The summed E-state index contributed by atoms with van der Waals surface area (Å²) < 4.78 is 32.4. The number of rotatable bonds is 7. The Labute approximate surface area is 208 Å². The van der Waals surface area contributed by atoms with Crippen LogP contribution in [-0.4, -0.2) is 54.8 Å². The third-order valence-electron chi connectivity index (χ3n) is 5.69. The van der Waals surface area contributed by atoms with Gasteiger partial charge in [-0.05, 0) is 29.8 Å². The number of ether oxygens (including phenoxy) is 1. The van der Waals surface area contributed by atoms with Gasteiger partial charge in [0.15, 0.2) is 5.13 Å². The molecule has 0 unspecified atom stereocenters. The third-order valence-corrected chi connectivity index (χ3v) is 8.63. The van der Waals surface area contributed by atoms with Gasteiger partial charge >= 0.3 is 6.09 Å². The fourth-order valence-corrected chi connectivity index (χ4v) is 6.24. The maximum absolute atomic E-state index is 13.1. The molecule has 0 spiro atoms. The van der Waals surface area contributed by atoms with Gasteiger partial charge in [-0.1, -0.05) is 48.6 Å². The number of carbonyl (C=O) groups is 2. The van der Waals surface area contributed by atoms with Crippen molar-refractivity contribution in [1.82, 2.24) is 14.2 Å². The van der Waals surface area contributed by atoms with E-state index in [1.807, 2.05) is 30.3 Å². The molecule has 3 aromatic rings. The highest BCUT2D eigenvalue weighted by atomic mass is 32.2. The first kappa shape index (κ1) is 24.8. The van der Waals surface area contributed by atoms with Crippen LogP contribution in [0.1, 0.15) is 33.4 Å². The highest BCUT2D eigenvalue weighted by Gasteiger charge is 2.26. The summed E-state index contributed by atoms with van der Waals surface area (Å²) in [5.41, 5.74) is 2.07. The molecule has 0 saturated heterocycles. The fraction of sp³-hybridized carbons (Fsp3) is 0.292. The smallest absolute Gasteiger partial charge is 0.409 e. The zero-order valence-corrected chi connectivity index (χ0v) is 21.1. The van der Waals surface area contributed by atoms with Gasteiger partial charge in [0.2, 0.25) is 10.0 Å². The number of nitrogens with zero attached hydrogens (tertiary/aromatic N) is 3. The molecule has 2 amide bonds. The summed E-state index contributed by atoms with van der Waals surface area (Å²) in [6.07, 6.45) is 0.190. The number of amides is 2. The van der Waals surface area contributed by atoms with E-state index in [1.165, 1.54) is 47.0 Å². The number of nitrogens with one attached hydrogen (secondary N) is 1. The second-order valence-corrected chi connectivity index (χ2v) is 10.9. The van der Waals surface area contributed by atoms with Crippen molar-refractivity contribution in [2.45, 2.75) is 31.3 Å². The second kappa shape index (κ2) is 10.5. The number of hydrogen-bond donors (Lipinski definition) is 1. The number of methoxy groups -OCH3 is 1. The number of aromatic nitrogens is 1. The number of anilines is 1. The van der Waals surface area contributed by atoms with Crippen LogP contribution >= 0.6 is 11.3 Å². The normalized spacial score (nSPS) is 13.4. The second-order valence-electron chi connectivity index (χ2n) is 7.93. The average molecular weight is 515 g/mol. The fourth-order valence-electron chi connectivity index (χ4n) is 3.78. The Kier molecular flexibility index (Phi) is 7.48. The van der Waals surface area contributed by atoms with Gasteiger partial charge in [-0.25, -0.2) is 18.2 Å². The lowest BCUT2D eigenvalue weighted by Gasteiger charge is -2.24. The van der Waals surface area contributed by atoms with Gasteiger partial charge in [-0.15, -0.1) is 0 Å². The summed E-state index contributed by atoms with van der Waals surface area (Å²) in [6.45, 7) is 3.27. The Bertz CT molecular complexity index is 1310. The van der Waals surface area contributed by atoms with Gasteiger partial charge in [0.05, 0.1) is 24.2 Å². The van der Waals surface area contributed by atoms with E-state index in [0.717, 1.165) is 16.1 Å². The Balaban J connectivity index is 1.44. The van der Waals surface area contributed by atoms with Crippen LogP contribution in [0.2, 0.25) is 0 Å². The molecular weight excluding hydrogens is 488 g/mol. The summed E-state index contributed by atoms with van der Waals surface area (Å²) in [5.74, 6) is -0.387. The standard InChI is InChI=1S/C24H26N4O5S2/c1-3-28(15-17-7-5-4-6-8-17)35(31,32)19-11-9-18(10-12-19)22(29)26-23-25-20-13-14-27(24(30)33-2)16-21(20)34-23/h4-12H,3,13-16H2,1-2H3,(H,25,26,29). The van der Waals surface area contributed by atoms with Gasteiger partial charge < -0.3 is 9.64 Å². The Morgan fingerprint density at radius 2 is 1.86 bits per heavy atom. The maximum Gasteiger partial charge on any atom is 0.409 e. The van der Waals surface area contributed by atoms with E-state index >= 15 is 0 Å². The van der Waals surface area contributed by atoms with E-state index in [1.54, 1.807) is 11.8 Å². The SMILES string of the molecule is CCN(Cc1ccccc1)S(=O)(=O)c1ccc(C(=O)Nc2nc3c(s2)CN(C(=O)OC)CC3)cc1. The topological polar surface area (TPSA) is 109 Å². The Morgan fingerprint density at radius 3 is 2.51 bits per heavy atom. The molecule has 184 valence electrons. The maximum atomic E-state index is 13.1. The minimum absolute atomic E-state index is 0.124. The number of benzene rings is 2. The molecule has 1 aliphatic heterocycles. The number of carbonyl (C=O) groups excluding carboxylic acids is 2. The van der Waals surface area contributed by atoms with Gasteiger partial charge in [-0.2, -0.15) is 4.31 Å². The lowest BCUT2D eigenvalue weighted by molar-refractivity contribution is 0.102. The molecule has 0 bridgehead atoms. The zero-order chi connectivity index (χ0) is 25.0. The summed E-state index contributed by atoms with van der Waals surface area (Å²) in [4.78, 5) is 31.6. The molecule has 0 atom stereocenters. The van der Waals surface area contributed by atoms with Crippen LogP contribution in [0, 0.1) is 0 Å². The molecule has 0 aliphatic carbocycles. The summed E-state index contributed by atoms with van der Waals surface area (Å²) in [5, 5.41) is 3.21. The van der Waals surface area contributed by atoms with Crippen LogP contribution in [0.3, 0.4) is 0 Å². The first-order valence-electron chi connectivity index (χ1n) is 11.1. The predicted molar refractivity (Wildman–Crippen MR) is 133 cm³/mol. The van der Waals surface area contributed by atoms with E-state index in [2.05, 4.69) is 10.3 Å². The van der Waals surface area contributed by atoms with Crippen molar-refractivity contribution in [2.75, 3.05) is 25.5 Å². The van der Waals surface area contributed by atoms with Crippen LogP contribution in [-0.2, 0) is 34.3 Å². The molecule has 0 saturated carbocycles. The van der Waals surface area contributed by atoms with Crippen molar-refractivity contribution < 1.29 is 22.7 Å². The molecule has 1 aromatic heterocycles. The molecule has 1 aliphatic rings. The Hall–Kier alpha value is -3.28. The quantitative estimate of drug-likeness (QED) is 0.515. The van der Waals surface area contributed by atoms with E-state index in [0.29, 0.717) is 36.8 Å². The molecule has 35 heavy (non-hydrogen) atoms. The van der Waals surface area contributed by atoms with Crippen molar-refractivity contribution in [2.24, 2.45) is 0 Å². The van der Waals surface area contributed by atoms with E-state index in [4.69, 9.17) is 4.74 Å². The van der Waals surface area contributed by atoms with E-state index < -0.39 is 16.1 Å². The van der Waals surface area contributed by atoms with E-state index in [9.17, 15) is 18.0 Å². The van der Waals surface area contributed by atoms with Crippen LogP contribution in [0.15, 0.2) is 59.5 Å². The highest BCUT2D eigenvalue weighted by molar-refractivity contribution is 7.89. The lowest BCUT2D eigenvalue weighted by atomic mass is 10.2. The van der Waals surface area contributed by atoms with Crippen LogP contribution < -0.4 is 5.32 Å². The largest absolute Gasteiger partial charge is 0.453 e. The van der Waals surface area contributed by atoms with Crippen LogP contribution in [0.4, 0.5) is 9.93 Å². The summed E-state index contributed by atoms with van der Waals surface area (Å²) in [6, 6.07) is 15.3. The summed E-state index contributed by atoms with van der Waals surface area (Å²) >= 11 is 1.31. The molecule has 2 heterocycles. The van der Waals surface area contributed by atoms with Crippen molar-refractivity contribution >= 4 is 38.5 Å². The third kappa shape index (κ3) is 5.53. The molecule has 2 aromatic carbocycles. The molecule has 1 N–H and O–H groups in total. The lowest BCUT2D eigenvalue weighted by Crippen LogP contribution is -2.35. The molecular formula is C24H26N4O5S2. The summed E-state index contributed by atoms with van der Waals surface area (Å²) in [7, 11) is -2.38. The molecule has 11 heteroatoms. The molecule has 0 radical (unpaired) electrons. The van der Waals surface area contributed by atoms with E-state index in [-0.39, 0.29) is 17.3 Å². The van der Waals surface area contributed by atoms with Crippen LogP contribution in [0.5, 0.6) is 0 Å². The minimum Gasteiger partial charge on any atom is -0.453 e. The predicted octanol–water partition coefficient (Wildman–Crippen LogP) is 3.73. The van der Waals surface area contributed by atoms with Crippen LogP contribution in [0.25, 0.3) is 0 Å².